The van der Waals surface area contributed by atoms with Gasteiger partial charge in [-0.15, -0.1) is 0 Å². The molecular formula is C27H35F3N2O5. The van der Waals surface area contributed by atoms with E-state index in [0.717, 1.165) is 43.4 Å². The molecule has 0 aliphatic carbocycles. The molecule has 1 unspecified atom stereocenters. The highest BCUT2D eigenvalue weighted by Crippen LogP contribution is 2.29. The summed E-state index contributed by atoms with van der Waals surface area (Å²) >= 11 is 0. The molecular weight excluding hydrogens is 489 g/mol. The molecule has 10 heteroatoms. The number of unbranched alkanes of at least 4 members (excludes halogenated alkanes) is 3. The minimum Gasteiger partial charge on any atom is -0.492 e. The monoisotopic (exact) mass is 524 g/mol. The van der Waals surface area contributed by atoms with Crippen molar-refractivity contribution in [2.75, 3.05) is 31.6 Å². The number of carboxylic acid groups (broad SMARTS) is 1. The van der Waals surface area contributed by atoms with Gasteiger partial charge in [0.25, 0.3) is 0 Å². The van der Waals surface area contributed by atoms with Gasteiger partial charge in [0.15, 0.2) is 6.10 Å². The number of ether oxygens (including phenoxy) is 2. The Bertz CT molecular complexity index is 966. The molecule has 0 radical (unpaired) electrons. The summed E-state index contributed by atoms with van der Waals surface area (Å²) in [6, 6.07) is 10.9. The molecule has 0 fully saturated rings. The lowest BCUT2D eigenvalue weighted by atomic mass is 10.1. The normalized spacial score (nSPS) is 12.1. The maximum atomic E-state index is 12.8. The lowest BCUT2D eigenvalue weighted by molar-refractivity contribution is -0.150. The minimum absolute atomic E-state index is 0.213. The van der Waals surface area contributed by atoms with E-state index in [1.165, 1.54) is 12.1 Å². The van der Waals surface area contributed by atoms with Gasteiger partial charge in [-0.2, -0.15) is 13.2 Å². The number of carbonyl (C=O) groups is 2. The smallest absolute Gasteiger partial charge is 0.416 e. The van der Waals surface area contributed by atoms with Gasteiger partial charge in [-0.1, -0.05) is 38.3 Å². The number of alkyl halides is 3. The van der Waals surface area contributed by atoms with Crippen molar-refractivity contribution < 1.29 is 37.3 Å². The Labute approximate surface area is 215 Å². The molecule has 2 rings (SSSR count). The van der Waals surface area contributed by atoms with Gasteiger partial charge >= 0.3 is 18.2 Å². The summed E-state index contributed by atoms with van der Waals surface area (Å²) in [6.45, 7) is 5.12. The van der Waals surface area contributed by atoms with Crippen LogP contribution in [0.15, 0.2) is 48.5 Å². The molecule has 0 aliphatic rings. The second-order valence-electron chi connectivity index (χ2n) is 8.53. The topological polar surface area (TPSA) is 88.1 Å². The van der Waals surface area contributed by atoms with E-state index < -0.39 is 29.8 Å². The third kappa shape index (κ3) is 10.7. The van der Waals surface area contributed by atoms with Gasteiger partial charge in [0.1, 0.15) is 12.4 Å². The lowest BCUT2D eigenvalue weighted by Crippen LogP contribution is -2.38. The fourth-order valence-corrected chi connectivity index (χ4v) is 3.62. The third-order valence-electron chi connectivity index (χ3n) is 5.65. The van der Waals surface area contributed by atoms with E-state index in [1.807, 2.05) is 0 Å². The zero-order chi connectivity index (χ0) is 27.3. The van der Waals surface area contributed by atoms with Crippen LogP contribution in [0.3, 0.4) is 0 Å². The zero-order valence-electron chi connectivity index (χ0n) is 21.2. The van der Waals surface area contributed by atoms with Crippen LogP contribution in [0.5, 0.6) is 5.75 Å². The van der Waals surface area contributed by atoms with Crippen molar-refractivity contribution in [2.45, 2.75) is 58.2 Å². The fraction of sp³-hybridized carbons (Fsp3) is 0.481. The summed E-state index contributed by atoms with van der Waals surface area (Å²) in [5.41, 5.74) is 0.291. The maximum absolute atomic E-state index is 12.8. The number of anilines is 1. The molecule has 0 aliphatic heterocycles. The van der Waals surface area contributed by atoms with Crippen LogP contribution in [0.1, 0.15) is 50.7 Å². The molecule has 2 aromatic carbocycles. The van der Waals surface area contributed by atoms with Gasteiger partial charge in [-0.3, -0.25) is 0 Å². The number of hydrogen-bond acceptors (Lipinski definition) is 4. The van der Waals surface area contributed by atoms with Gasteiger partial charge in [0.2, 0.25) is 0 Å². The number of halogens is 3. The van der Waals surface area contributed by atoms with Crippen molar-refractivity contribution in [3.8, 4) is 5.75 Å². The van der Waals surface area contributed by atoms with E-state index in [1.54, 1.807) is 36.1 Å². The highest BCUT2D eigenvalue weighted by Gasteiger charge is 2.30. The number of amides is 2. The fourth-order valence-electron chi connectivity index (χ4n) is 3.62. The molecule has 0 heterocycles. The van der Waals surface area contributed by atoms with Gasteiger partial charge in [0, 0.05) is 25.3 Å². The Hall–Kier alpha value is -3.27. The van der Waals surface area contributed by atoms with Crippen molar-refractivity contribution in [3.05, 3.63) is 59.7 Å². The van der Waals surface area contributed by atoms with E-state index in [2.05, 4.69) is 12.2 Å². The average molecular weight is 525 g/mol. The number of aliphatic carboxylic acids is 1. The van der Waals surface area contributed by atoms with Gasteiger partial charge in [-0.05, 0) is 55.3 Å². The van der Waals surface area contributed by atoms with Gasteiger partial charge < -0.3 is 24.8 Å². The molecule has 0 saturated carbocycles. The van der Waals surface area contributed by atoms with Crippen LogP contribution in [0, 0.1) is 0 Å². The predicted molar refractivity (Wildman–Crippen MR) is 135 cm³/mol. The summed E-state index contributed by atoms with van der Waals surface area (Å²) in [5.74, 6) is -0.447. The summed E-state index contributed by atoms with van der Waals surface area (Å²) in [6.07, 6.45) is -1.27. The van der Waals surface area contributed by atoms with Gasteiger partial charge in [0.05, 0.1) is 12.1 Å². The molecule has 1 atom stereocenters. The Morgan fingerprint density at radius 3 is 2.22 bits per heavy atom. The Kier molecular flexibility index (Phi) is 12.2. The predicted octanol–water partition coefficient (Wildman–Crippen LogP) is 6.23. The highest BCUT2D eigenvalue weighted by molar-refractivity contribution is 5.89. The first-order valence-electron chi connectivity index (χ1n) is 12.4. The number of nitrogens with zero attached hydrogens (tertiary/aromatic N) is 1. The summed E-state index contributed by atoms with van der Waals surface area (Å²) < 4.78 is 49.4. The Morgan fingerprint density at radius 2 is 1.65 bits per heavy atom. The van der Waals surface area contributed by atoms with Crippen molar-refractivity contribution in [1.29, 1.82) is 0 Å². The first-order chi connectivity index (χ1) is 17.6. The number of carbonyl (C=O) groups excluding carboxylic acids is 1. The summed E-state index contributed by atoms with van der Waals surface area (Å²) in [7, 11) is 0. The number of nitrogens with one attached hydrogen (secondary N) is 1. The first-order valence-corrected chi connectivity index (χ1v) is 12.4. The standard InChI is InChI=1S/C27H35F3N2O5/c1-3-5-6-7-16-32(26(35)31-22-12-10-21(11-13-22)27(28,29)30)17-18-37-23-14-8-20(9-15-23)19-24(25(33)34)36-4-2/h8-15,24H,3-7,16-19H2,1-2H3,(H,31,35)(H,33,34). The number of benzene rings is 2. The van der Waals surface area contributed by atoms with E-state index in [0.29, 0.717) is 18.9 Å². The Balaban J connectivity index is 1.93. The van der Waals surface area contributed by atoms with Crippen LogP contribution < -0.4 is 10.1 Å². The molecule has 2 aromatic rings. The van der Waals surface area contributed by atoms with E-state index >= 15 is 0 Å². The molecule has 37 heavy (non-hydrogen) atoms. The lowest BCUT2D eigenvalue weighted by Gasteiger charge is -2.23. The van der Waals surface area contributed by atoms with Crippen molar-refractivity contribution in [2.24, 2.45) is 0 Å². The van der Waals surface area contributed by atoms with E-state index in [9.17, 15) is 27.9 Å². The SMILES string of the molecule is CCCCCCN(CCOc1ccc(CC(OCC)C(=O)O)cc1)C(=O)Nc1ccc(C(F)(F)F)cc1. The van der Waals surface area contributed by atoms with E-state index in [4.69, 9.17) is 9.47 Å². The molecule has 0 bridgehead atoms. The highest BCUT2D eigenvalue weighted by atomic mass is 19.4. The maximum Gasteiger partial charge on any atom is 0.416 e. The summed E-state index contributed by atoms with van der Waals surface area (Å²) in [5, 5.41) is 11.9. The average Bonchev–Trinajstić information content (AvgIpc) is 2.85. The molecule has 7 nitrogen and oxygen atoms in total. The number of carboxylic acids is 1. The zero-order valence-corrected chi connectivity index (χ0v) is 21.2. The largest absolute Gasteiger partial charge is 0.492 e. The first kappa shape index (κ1) is 30.0. The number of rotatable bonds is 15. The van der Waals surface area contributed by atoms with Crippen molar-refractivity contribution in [1.82, 2.24) is 4.90 Å². The number of hydrogen-bond donors (Lipinski definition) is 2. The summed E-state index contributed by atoms with van der Waals surface area (Å²) in [4.78, 5) is 25.7. The second-order valence-corrected chi connectivity index (χ2v) is 8.53. The van der Waals surface area contributed by atoms with Crippen LogP contribution in [-0.4, -0.2) is 54.4 Å². The molecule has 0 saturated heterocycles. The van der Waals surface area contributed by atoms with Crippen LogP contribution in [-0.2, 0) is 22.1 Å². The van der Waals surface area contributed by atoms with Crippen LogP contribution in [0.25, 0.3) is 0 Å². The molecule has 0 spiro atoms. The van der Waals surface area contributed by atoms with E-state index in [-0.39, 0.29) is 25.3 Å². The number of urea groups is 1. The van der Waals surface area contributed by atoms with Crippen LogP contribution in [0.2, 0.25) is 0 Å². The quantitative estimate of drug-likeness (QED) is 0.270. The molecule has 2 N–H and O–H groups in total. The van der Waals surface area contributed by atoms with Crippen LogP contribution in [0.4, 0.5) is 23.7 Å². The van der Waals surface area contributed by atoms with Crippen molar-refractivity contribution >= 4 is 17.7 Å². The molecule has 204 valence electrons. The molecule has 2 amide bonds. The third-order valence-corrected chi connectivity index (χ3v) is 5.65. The molecule has 0 aromatic heterocycles. The van der Waals surface area contributed by atoms with Gasteiger partial charge in [-0.25, -0.2) is 9.59 Å². The minimum atomic E-state index is -4.44. The second kappa shape index (κ2) is 15.1. The Morgan fingerprint density at radius 1 is 0.973 bits per heavy atom. The van der Waals surface area contributed by atoms with Crippen LogP contribution >= 0.6 is 0 Å². The van der Waals surface area contributed by atoms with Crippen molar-refractivity contribution in [3.63, 3.8) is 0 Å².